The van der Waals surface area contributed by atoms with Crippen molar-refractivity contribution in [3.63, 3.8) is 0 Å². The lowest BCUT2D eigenvalue weighted by Crippen LogP contribution is -2.16. The highest BCUT2D eigenvalue weighted by molar-refractivity contribution is 5.93. The van der Waals surface area contributed by atoms with Crippen LogP contribution in [0.15, 0.2) is 41.0 Å². The summed E-state index contributed by atoms with van der Waals surface area (Å²) in [5.41, 5.74) is -0.198. The molecule has 0 saturated heterocycles. The van der Waals surface area contributed by atoms with Crippen molar-refractivity contribution in [1.82, 2.24) is 0 Å². The molecule has 2 aromatic rings. The van der Waals surface area contributed by atoms with Crippen LogP contribution in [0, 0.1) is 10.1 Å². The Balaban J connectivity index is 2.31. The molecule has 20 heavy (non-hydrogen) atoms. The summed E-state index contributed by atoms with van der Waals surface area (Å²) >= 11 is 0. The number of hydrogen-bond acceptors (Lipinski definition) is 5. The Hall–Kier alpha value is -2.83. The SMILES string of the molecule is CN(Cc1ccco1)c1ccc([N+](=O)[O-])c(C(=O)O)c1. The van der Waals surface area contributed by atoms with E-state index in [0.29, 0.717) is 18.0 Å². The quantitative estimate of drug-likeness (QED) is 0.665. The Labute approximate surface area is 114 Å². The lowest BCUT2D eigenvalue weighted by atomic mass is 10.1. The number of carbonyl (C=O) groups is 1. The van der Waals surface area contributed by atoms with Gasteiger partial charge >= 0.3 is 5.97 Å². The molecule has 7 nitrogen and oxygen atoms in total. The maximum atomic E-state index is 11.1. The van der Waals surface area contributed by atoms with Crippen LogP contribution in [0.5, 0.6) is 0 Å². The van der Waals surface area contributed by atoms with Gasteiger partial charge in [-0.25, -0.2) is 4.79 Å². The topological polar surface area (TPSA) is 96.8 Å². The van der Waals surface area contributed by atoms with Crippen LogP contribution >= 0.6 is 0 Å². The van der Waals surface area contributed by atoms with Crippen LogP contribution in [0.2, 0.25) is 0 Å². The standard InChI is InChI=1S/C13H12N2O5/c1-14(8-10-3-2-6-20-10)9-4-5-12(15(18)19)11(7-9)13(16)17/h2-7H,8H2,1H3,(H,16,17). The first-order chi connectivity index (χ1) is 9.49. The largest absolute Gasteiger partial charge is 0.477 e. The lowest BCUT2D eigenvalue weighted by Gasteiger charge is -2.18. The second-order valence-electron chi connectivity index (χ2n) is 4.20. The molecule has 0 radical (unpaired) electrons. The van der Waals surface area contributed by atoms with E-state index in [-0.39, 0.29) is 5.56 Å². The second-order valence-corrected chi connectivity index (χ2v) is 4.20. The average molecular weight is 276 g/mol. The molecule has 7 heteroatoms. The first-order valence-corrected chi connectivity index (χ1v) is 5.74. The Morgan fingerprint density at radius 2 is 2.20 bits per heavy atom. The van der Waals surface area contributed by atoms with Gasteiger partial charge < -0.3 is 14.4 Å². The van der Waals surface area contributed by atoms with Crippen molar-refractivity contribution in [1.29, 1.82) is 0 Å². The van der Waals surface area contributed by atoms with E-state index in [2.05, 4.69) is 0 Å². The highest BCUT2D eigenvalue weighted by Crippen LogP contribution is 2.25. The van der Waals surface area contributed by atoms with Crippen molar-refractivity contribution in [2.45, 2.75) is 6.54 Å². The van der Waals surface area contributed by atoms with E-state index >= 15 is 0 Å². The fourth-order valence-electron chi connectivity index (χ4n) is 1.82. The molecule has 0 bridgehead atoms. The van der Waals surface area contributed by atoms with E-state index in [0.717, 1.165) is 0 Å². The predicted octanol–water partition coefficient (Wildman–Crippen LogP) is 2.52. The second kappa shape index (κ2) is 5.43. The van der Waals surface area contributed by atoms with Gasteiger partial charge in [0, 0.05) is 18.8 Å². The third kappa shape index (κ3) is 2.77. The van der Waals surface area contributed by atoms with Gasteiger partial charge in [-0.2, -0.15) is 0 Å². The Kier molecular flexibility index (Phi) is 3.69. The molecule has 0 atom stereocenters. The number of carboxylic acid groups (broad SMARTS) is 1. The summed E-state index contributed by atoms with van der Waals surface area (Å²) in [6.07, 6.45) is 1.54. The summed E-state index contributed by atoms with van der Waals surface area (Å²) < 4.78 is 5.20. The van der Waals surface area contributed by atoms with Gasteiger partial charge in [0.1, 0.15) is 11.3 Å². The van der Waals surface area contributed by atoms with Crippen molar-refractivity contribution in [3.8, 4) is 0 Å². The summed E-state index contributed by atoms with van der Waals surface area (Å²) in [6, 6.07) is 7.52. The van der Waals surface area contributed by atoms with Gasteiger partial charge in [-0.3, -0.25) is 10.1 Å². The summed E-state index contributed by atoms with van der Waals surface area (Å²) in [4.78, 5) is 22.9. The van der Waals surface area contributed by atoms with Crippen LogP contribution in [0.4, 0.5) is 11.4 Å². The van der Waals surface area contributed by atoms with Crippen molar-refractivity contribution in [2.75, 3.05) is 11.9 Å². The number of aromatic carboxylic acids is 1. The van der Waals surface area contributed by atoms with Crippen molar-refractivity contribution >= 4 is 17.3 Å². The molecule has 0 spiro atoms. The van der Waals surface area contributed by atoms with Crippen molar-refractivity contribution in [2.24, 2.45) is 0 Å². The number of nitro groups is 1. The van der Waals surface area contributed by atoms with Gasteiger partial charge in [-0.15, -0.1) is 0 Å². The van der Waals surface area contributed by atoms with E-state index in [1.165, 1.54) is 18.2 Å². The predicted molar refractivity (Wildman–Crippen MR) is 70.9 cm³/mol. The number of nitrogens with zero attached hydrogens (tertiary/aromatic N) is 2. The Morgan fingerprint density at radius 3 is 2.75 bits per heavy atom. The monoisotopic (exact) mass is 276 g/mol. The van der Waals surface area contributed by atoms with Crippen molar-refractivity contribution < 1.29 is 19.2 Å². The van der Waals surface area contributed by atoms with Crippen LogP contribution in [-0.4, -0.2) is 23.0 Å². The summed E-state index contributed by atoms with van der Waals surface area (Å²) in [5.74, 6) is -0.618. The van der Waals surface area contributed by atoms with Gasteiger partial charge in [0.25, 0.3) is 5.69 Å². The first kappa shape index (κ1) is 13.6. The molecule has 0 aliphatic heterocycles. The van der Waals surface area contributed by atoms with E-state index in [1.807, 2.05) is 0 Å². The van der Waals surface area contributed by atoms with E-state index < -0.39 is 16.6 Å². The zero-order valence-corrected chi connectivity index (χ0v) is 10.6. The average Bonchev–Trinajstić information content (AvgIpc) is 2.90. The fraction of sp³-hybridized carbons (Fsp3) is 0.154. The number of benzene rings is 1. The number of hydrogen-bond donors (Lipinski definition) is 1. The molecular weight excluding hydrogens is 264 g/mol. The first-order valence-electron chi connectivity index (χ1n) is 5.74. The van der Waals surface area contributed by atoms with Gasteiger partial charge in [0.05, 0.1) is 17.7 Å². The smallest absolute Gasteiger partial charge is 0.342 e. The lowest BCUT2D eigenvalue weighted by molar-refractivity contribution is -0.385. The number of rotatable bonds is 5. The normalized spacial score (nSPS) is 10.2. The van der Waals surface area contributed by atoms with E-state index in [4.69, 9.17) is 9.52 Å². The van der Waals surface area contributed by atoms with Crippen LogP contribution < -0.4 is 4.90 Å². The van der Waals surface area contributed by atoms with Gasteiger partial charge in [-0.05, 0) is 24.3 Å². The number of carboxylic acids is 1. The van der Waals surface area contributed by atoms with Gasteiger partial charge in [0.15, 0.2) is 0 Å². The zero-order valence-electron chi connectivity index (χ0n) is 10.6. The summed E-state index contributed by atoms with van der Waals surface area (Å²) in [7, 11) is 1.75. The molecule has 1 heterocycles. The Bertz CT molecular complexity index is 636. The molecule has 104 valence electrons. The van der Waals surface area contributed by atoms with Crippen molar-refractivity contribution in [3.05, 3.63) is 58.0 Å². The minimum atomic E-state index is -1.33. The van der Waals surface area contributed by atoms with E-state index in [9.17, 15) is 14.9 Å². The van der Waals surface area contributed by atoms with E-state index in [1.54, 1.807) is 30.3 Å². The third-order valence-corrected chi connectivity index (χ3v) is 2.82. The third-order valence-electron chi connectivity index (χ3n) is 2.82. The number of furan rings is 1. The van der Waals surface area contributed by atoms with Gasteiger partial charge in [0.2, 0.25) is 0 Å². The molecule has 0 amide bonds. The Morgan fingerprint density at radius 1 is 1.45 bits per heavy atom. The molecular formula is C13H12N2O5. The molecule has 0 fully saturated rings. The molecule has 0 unspecified atom stereocenters. The molecule has 1 aromatic heterocycles. The molecule has 0 aliphatic carbocycles. The summed E-state index contributed by atoms with van der Waals surface area (Å²) in [6.45, 7) is 0.434. The maximum Gasteiger partial charge on any atom is 0.342 e. The fourth-order valence-corrected chi connectivity index (χ4v) is 1.82. The minimum Gasteiger partial charge on any atom is -0.477 e. The highest BCUT2D eigenvalue weighted by atomic mass is 16.6. The molecule has 2 rings (SSSR count). The maximum absolute atomic E-state index is 11.1. The van der Waals surface area contributed by atoms with Gasteiger partial charge in [-0.1, -0.05) is 0 Å². The van der Waals surface area contributed by atoms with Crippen LogP contribution in [0.25, 0.3) is 0 Å². The molecule has 1 N–H and O–H groups in total. The zero-order chi connectivity index (χ0) is 14.7. The van der Waals surface area contributed by atoms with Crippen LogP contribution in [0.3, 0.4) is 0 Å². The van der Waals surface area contributed by atoms with Crippen LogP contribution in [0.1, 0.15) is 16.1 Å². The van der Waals surface area contributed by atoms with Crippen LogP contribution in [-0.2, 0) is 6.54 Å². The highest BCUT2D eigenvalue weighted by Gasteiger charge is 2.21. The molecule has 1 aromatic carbocycles. The minimum absolute atomic E-state index is 0.334. The molecule has 0 aliphatic rings. The number of anilines is 1. The summed E-state index contributed by atoms with van der Waals surface area (Å²) in [5, 5.41) is 19.8. The molecule has 0 saturated carbocycles. The number of nitro benzene ring substituents is 1.